The van der Waals surface area contributed by atoms with Crippen LogP contribution in [0.3, 0.4) is 0 Å². The van der Waals surface area contributed by atoms with Crippen LogP contribution in [0.4, 0.5) is 8.78 Å². The summed E-state index contributed by atoms with van der Waals surface area (Å²) in [6.07, 6.45) is 0. The summed E-state index contributed by atoms with van der Waals surface area (Å²) in [4.78, 5) is -2.92. The van der Waals surface area contributed by atoms with E-state index < -0.39 is 8.07 Å². The predicted octanol–water partition coefficient (Wildman–Crippen LogP) is 3.48. The van der Waals surface area contributed by atoms with Gasteiger partial charge < -0.3 is 0 Å². The molecule has 0 aromatic rings. The highest BCUT2D eigenvalue weighted by molar-refractivity contribution is 9.26. The second-order valence-corrected chi connectivity index (χ2v) is 6.62. The molecule has 0 aliphatic carbocycles. The summed E-state index contributed by atoms with van der Waals surface area (Å²) in [5.74, 6) is 0. The van der Waals surface area contributed by atoms with Crippen LogP contribution in [0.5, 0.6) is 0 Å². The third-order valence-corrected chi connectivity index (χ3v) is 3.35. The molecule has 50 valence electrons. The number of rotatable bonds is 1. The lowest BCUT2D eigenvalue weighted by molar-refractivity contribution is 0.110. The minimum absolute atomic E-state index is 1.31. The van der Waals surface area contributed by atoms with Crippen molar-refractivity contribution in [2.75, 3.05) is 0 Å². The van der Waals surface area contributed by atoms with Gasteiger partial charge in [-0.15, -0.1) is 0 Å². The van der Waals surface area contributed by atoms with Gasteiger partial charge in [-0.25, -0.2) is 0 Å². The van der Waals surface area contributed by atoms with Gasteiger partial charge in [-0.1, -0.05) is 31.9 Å². The summed E-state index contributed by atoms with van der Waals surface area (Å²) < 4.78 is 22.8. The van der Waals surface area contributed by atoms with Crippen molar-refractivity contribution in [2.24, 2.45) is 0 Å². The molecular formula is C3H3Br3F2. The van der Waals surface area contributed by atoms with Crippen molar-refractivity contribution in [1.29, 1.82) is 0 Å². The smallest absolute Gasteiger partial charge is 0.191 e. The second-order valence-electron chi connectivity index (χ2n) is 1.39. The van der Waals surface area contributed by atoms with Crippen molar-refractivity contribution >= 4 is 47.8 Å². The molecule has 0 saturated heterocycles. The Labute approximate surface area is 71.4 Å². The summed E-state index contributed by atoms with van der Waals surface area (Å²) in [6, 6.07) is 0. The van der Waals surface area contributed by atoms with E-state index in [1.807, 2.05) is 0 Å². The molecule has 0 atom stereocenters. The highest BCUT2D eigenvalue weighted by atomic mass is 79.9. The molecule has 0 aromatic carbocycles. The first-order chi connectivity index (χ1) is 3.25. The third-order valence-electron chi connectivity index (χ3n) is 0.498. The average molecular weight is 317 g/mol. The van der Waals surface area contributed by atoms with Gasteiger partial charge in [0.1, 0.15) is 0 Å². The first kappa shape index (κ1) is 9.30. The first-order valence-corrected chi connectivity index (χ1v) is 4.07. The molecule has 0 aliphatic rings. The maximum absolute atomic E-state index is 12.1. The highest BCUT2D eigenvalue weighted by Gasteiger charge is 2.43. The van der Waals surface area contributed by atoms with Gasteiger partial charge in [-0.2, -0.15) is 8.78 Å². The molecule has 0 rings (SSSR count). The Hall–Kier alpha value is 1.30. The van der Waals surface area contributed by atoms with Gasteiger partial charge in [-0.05, 0) is 22.9 Å². The van der Waals surface area contributed by atoms with Crippen molar-refractivity contribution < 1.29 is 8.78 Å². The normalized spacial score (nSPS) is 14.2. The molecule has 5 heteroatoms. The molecule has 0 spiro atoms. The van der Waals surface area contributed by atoms with Gasteiger partial charge in [-0.3, -0.25) is 0 Å². The number of alkyl halides is 5. The molecule has 0 N–H and O–H groups in total. The Balaban J connectivity index is 4.02. The Kier molecular flexibility index (Phi) is 2.91. The van der Waals surface area contributed by atoms with E-state index in [0.29, 0.717) is 0 Å². The molecule has 0 bridgehead atoms. The Morgan fingerprint density at radius 1 is 1.12 bits per heavy atom. The van der Waals surface area contributed by atoms with Crippen molar-refractivity contribution in [2.45, 2.75) is 15.0 Å². The van der Waals surface area contributed by atoms with E-state index in [-0.39, 0.29) is 0 Å². The largest absolute Gasteiger partial charge is 0.325 e. The fourth-order valence-corrected chi connectivity index (χ4v) is 0. The van der Waals surface area contributed by atoms with Crippen LogP contribution < -0.4 is 0 Å². The lowest BCUT2D eigenvalue weighted by atomic mass is 10.5. The zero-order valence-corrected chi connectivity index (χ0v) is 8.65. The summed E-state index contributed by atoms with van der Waals surface area (Å²) in [5.41, 5.74) is 0. The maximum atomic E-state index is 12.1. The SMILES string of the molecule is CC(Br)(Br)C(F)(F)Br. The van der Waals surface area contributed by atoms with Crippen LogP contribution in [0.1, 0.15) is 6.92 Å². The average Bonchev–Trinajstić information content (AvgIpc) is 1.25. The van der Waals surface area contributed by atoms with E-state index in [1.165, 1.54) is 6.92 Å². The molecule has 0 radical (unpaired) electrons. The van der Waals surface area contributed by atoms with Crippen LogP contribution in [-0.2, 0) is 0 Å². The Morgan fingerprint density at radius 2 is 1.25 bits per heavy atom. The quantitative estimate of drug-likeness (QED) is 0.650. The van der Waals surface area contributed by atoms with E-state index in [1.54, 1.807) is 0 Å². The van der Waals surface area contributed by atoms with Crippen LogP contribution in [-0.4, -0.2) is 8.07 Å². The molecule has 0 saturated carbocycles. The highest BCUT2D eigenvalue weighted by Crippen LogP contribution is 2.45. The van der Waals surface area contributed by atoms with Crippen molar-refractivity contribution in [3.8, 4) is 0 Å². The van der Waals surface area contributed by atoms with Gasteiger partial charge in [0.15, 0.2) is 3.23 Å². The predicted molar refractivity (Wildman–Crippen MR) is 40.1 cm³/mol. The first-order valence-electron chi connectivity index (χ1n) is 1.69. The van der Waals surface area contributed by atoms with Gasteiger partial charge in [0, 0.05) is 0 Å². The zero-order valence-electron chi connectivity index (χ0n) is 3.89. The number of halogens is 5. The topological polar surface area (TPSA) is 0 Å². The van der Waals surface area contributed by atoms with E-state index in [0.717, 1.165) is 0 Å². The molecule has 0 amide bonds. The zero-order chi connectivity index (χ0) is 7.00. The summed E-state index contributed by atoms with van der Waals surface area (Å²) in [6.45, 7) is 1.31. The van der Waals surface area contributed by atoms with Crippen molar-refractivity contribution in [3.63, 3.8) is 0 Å². The molecule has 0 unspecified atom stereocenters. The van der Waals surface area contributed by atoms with Crippen LogP contribution in [0.25, 0.3) is 0 Å². The molecule has 0 nitrogen and oxygen atoms in total. The summed E-state index contributed by atoms with van der Waals surface area (Å²) in [5, 5.41) is 0. The Morgan fingerprint density at radius 3 is 1.25 bits per heavy atom. The van der Waals surface area contributed by atoms with E-state index in [9.17, 15) is 8.78 Å². The second kappa shape index (κ2) is 2.50. The van der Waals surface area contributed by atoms with Crippen LogP contribution in [0.15, 0.2) is 0 Å². The third kappa shape index (κ3) is 2.73. The fraction of sp³-hybridized carbons (Fsp3) is 1.00. The number of hydrogen-bond donors (Lipinski definition) is 0. The molecule has 0 fully saturated rings. The molecule has 0 aromatic heterocycles. The van der Waals surface area contributed by atoms with Crippen LogP contribution in [0.2, 0.25) is 0 Å². The lowest BCUT2D eigenvalue weighted by Crippen LogP contribution is -2.27. The molecule has 0 heterocycles. The van der Waals surface area contributed by atoms with Crippen molar-refractivity contribution in [1.82, 2.24) is 0 Å². The minimum Gasteiger partial charge on any atom is -0.191 e. The van der Waals surface area contributed by atoms with E-state index in [2.05, 4.69) is 47.8 Å². The maximum Gasteiger partial charge on any atom is 0.325 e. The van der Waals surface area contributed by atoms with Crippen molar-refractivity contribution in [3.05, 3.63) is 0 Å². The monoisotopic (exact) mass is 314 g/mol. The van der Waals surface area contributed by atoms with Gasteiger partial charge in [0.05, 0.1) is 0 Å². The molecule has 0 aliphatic heterocycles. The van der Waals surface area contributed by atoms with Gasteiger partial charge >= 0.3 is 4.83 Å². The standard InChI is InChI=1S/C3H3Br3F2/c1-2(4,5)3(6,7)8/h1H3. The molecular weight excluding hydrogens is 314 g/mol. The molecule has 8 heavy (non-hydrogen) atoms. The van der Waals surface area contributed by atoms with Crippen LogP contribution >= 0.6 is 47.8 Å². The van der Waals surface area contributed by atoms with Crippen LogP contribution in [0, 0.1) is 0 Å². The van der Waals surface area contributed by atoms with Gasteiger partial charge in [0.25, 0.3) is 0 Å². The fourth-order valence-electron chi connectivity index (χ4n) is 0. The van der Waals surface area contributed by atoms with Gasteiger partial charge in [0.2, 0.25) is 0 Å². The summed E-state index contributed by atoms with van der Waals surface area (Å²) >= 11 is 7.61. The lowest BCUT2D eigenvalue weighted by Gasteiger charge is -2.19. The summed E-state index contributed by atoms with van der Waals surface area (Å²) in [7, 11) is 0. The van der Waals surface area contributed by atoms with E-state index in [4.69, 9.17) is 0 Å². The Bertz CT molecular complexity index is 67.5. The van der Waals surface area contributed by atoms with E-state index >= 15 is 0 Å². The number of hydrogen-bond acceptors (Lipinski definition) is 0. The minimum atomic E-state index is -2.92.